The molecule has 0 radical (unpaired) electrons. The minimum atomic E-state index is -4.32. The van der Waals surface area contributed by atoms with E-state index in [0.717, 1.165) is 19.3 Å². The molecule has 70 heavy (non-hydrogen) atoms. The Labute approximate surface area is 442 Å². The van der Waals surface area contributed by atoms with Crippen LogP contribution < -0.4 is 0 Å². The van der Waals surface area contributed by atoms with Crippen molar-refractivity contribution in [1.29, 1.82) is 0 Å². The average Bonchev–Trinajstić information content (AvgIpc) is 3.35. The van der Waals surface area contributed by atoms with E-state index < -0.39 is 10.1 Å². The van der Waals surface area contributed by atoms with Crippen molar-refractivity contribution in [1.82, 2.24) is 0 Å². The Hall–Kier alpha value is -0.910. The molecule has 0 heterocycles. The lowest BCUT2D eigenvalue weighted by atomic mass is 10.0. The molecule has 0 aliphatic rings. The number of hydrogen-bond acceptors (Lipinski definition) is 3. The van der Waals surface area contributed by atoms with Crippen molar-refractivity contribution in [3.63, 3.8) is 0 Å². The zero-order chi connectivity index (χ0) is 50.8. The van der Waals surface area contributed by atoms with Gasteiger partial charge in [0, 0.05) is 0 Å². The Kier molecular flexibility index (Phi) is 56.6. The van der Waals surface area contributed by atoms with Gasteiger partial charge in [0.15, 0.2) is 0 Å². The summed E-state index contributed by atoms with van der Waals surface area (Å²) >= 11 is 0. The number of hydrogen-bond donors (Lipinski definition) is 0. The van der Waals surface area contributed by atoms with Crippen LogP contribution >= 0.6 is 0 Å². The molecular formula is C65H127NO3S. The van der Waals surface area contributed by atoms with E-state index >= 15 is 0 Å². The molecule has 5 heteroatoms. The predicted molar refractivity (Wildman–Crippen MR) is 313 cm³/mol. The molecule has 4 nitrogen and oxygen atoms in total. The van der Waals surface area contributed by atoms with Crippen LogP contribution in [0.3, 0.4) is 0 Å². The van der Waals surface area contributed by atoms with Gasteiger partial charge in [-0.15, -0.1) is 0 Å². The Morgan fingerprint density at radius 3 is 0.586 bits per heavy atom. The first-order chi connectivity index (χ1) is 34.4. The van der Waals surface area contributed by atoms with E-state index in [9.17, 15) is 13.0 Å². The van der Waals surface area contributed by atoms with Crippen molar-refractivity contribution in [2.24, 2.45) is 0 Å². The first-order valence-electron chi connectivity index (χ1n) is 32.2. The number of unbranched alkanes of at least 4 members (excludes halogenated alkanes) is 51. The zero-order valence-electron chi connectivity index (χ0n) is 48.1. The number of rotatable bonds is 60. The molecule has 0 N–H and O–H groups in total. The molecule has 0 aliphatic carbocycles. The third kappa shape index (κ3) is 56.4. The standard InChI is InChI=1S/C65H127NO3S/c1-4-7-10-13-16-19-22-25-28-31-34-37-40-43-46-49-52-55-58-61-66(64-65-70(67,68)69,62-59-56-53-50-47-44-41-38-35-32-29-26-23-20-17-14-11-8-5-2)63-60-57-54-51-48-45-42-39-36-33-30-27-24-21-18-15-12-9-6-3/h58-63H,4-57,64-65H2,1-3H3/b61-58+,62-59+,63-60+. The molecule has 0 aromatic carbocycles. The van der Waals surface area contributed by atoms with Crippen molar-refractivity contribution >= 4 is 10.1 Å². The lowest BCUT2D eigenvalue weighted by Gasteiger charge is -2.27. The quantitative estimate of drug-likeness (QED) is 0.0347. The van der Waals surface area contributed by atoms with E-state index in [2.05, 4.69) is 57.6 Å². The fourth-order valence-electron chi connectivity index (χ4n) is 10.4. The summed E-state index contributed by atoms with van der Waals surface area (Å²) in [5.41, 5.74) is 0. The first-order valence-corrected chi connectivity index (χ1v) is 33.8. The molecule has 0 bridgehead atoms. The Bertz CT molecular complexity index is 1080. The van der Waals surface area contributed by atoms with Gasteiger partial charge in [0.1, 0.15) is 35.3 Å². The molecule has 0 fully saturated rings. The van der Waals surface area contributed by atoms with Gasteiger partial charge < -0.3 is 4.55 Å². The van der Waals surface area contributed by atoms with Crippen LogP contribution in [-0.4, -0.2) is 29.8 Å². The third-order valence-electron chi connectivity index (χ3n) is 15.3. The van der Waals surface area contributed by atoms with E-state index in [1.54, 1.807) is 0 Å². The van der Waals surface area contributed by atoms with Gasteiger partial charge in [-0.1, -0.05) is 329 Å². The molecule has 0 rings (SSSR count). The minimum absolute atomic E-state index is 0.270. The van der Waals surface area contributed by atoms with Crippen molar-refractivity contribution in [3.8, 4) is 0 Å². The van der Waals surface area contributed by atoms with Gasteiger partial charge in [-0.05, 0) is 56.8 Å². The van der Waals surface area contributed by atoms with Gasteiger partial charge in [-0.3, -0.25) is 0 Å². The maximum Gasteiger partial charge on any atom is 0.104 e. The largest absolute Gasteiger partial charge is 0.748 e. The molecule has 416 valence electrons. The molecule has 0 aliphatic heterocycles. The van der Waals surface area contributed by atoms with Crippen LogP contribution in [0.25, 0.3) is 0 Å². The highest BCUT2D eigenvalue weighted by molar-refractivity contribution is 7.85. The minimum Gasteiger partial charge on any atom is -0.748 e. The van der Waals surface area contributed by atoms with Crippen LogP contribution in [0.1, 0.15) is 367 Å². The molecule has 0 aromatic rings. The SMILES string of the molecule is CCCCCCCCCCCCCCCCCCC/C=C/[N+](/C=C/CCCCCCCCCCCCCCCCCCC)(/C=C/CCCCCCCCCCCCCCCCCCC)CCS(=O)(=O)[O-]. The highest BCUT2D eigenvalue weighted by Crippen LogP contribution is 2.21. The molecule has 0 unspecified atom stereocenters. The van der Waals surface area contributed by atoms with E-state index in [1.165, 1.54) is 327 Å². The second-order valence-corrected chi connectivity index (χ2v) is 24.0. The molecule has 0 atom stereocenters. The van der Waals surface area contributed by atoms with Gasteiger partial charge in [-0.25, -0.2) is 12.9 Å². The smallest absolute Gasteiger partial charge is 0.104 e. The van der Waals surface area contributed by atoms with E-state index in [0.29, 0.717) is 4.48 Å². The molecule has 0 aromatic heterocycles. The highest BCUT2D eigenvalue weighted by atomic mass is 32.2. The summed E-state index contributed by atoms with van der Waals surface area (Å²) in [6.45, 7) is 7.16. The van der Waals surface area contributed by atoms with Crippen molar-refractivity contribution < 1.29 is 17.5 Å². The van der Waals surface area contributed by atoms with E-state index in [4.69, 9.17) is 0 Å². The van der Waals surface area contributed by atoms with Crippen LogP contribution in [-0.2, 0) is 10.1 Å². The van der Waals surface area contributed by atoms with Crippen molar-refractivity contribution in [3.05, 3.63) is 36.8 Å². The molecule has 0 saturated heterocycles. The summed E-state index contributed by atoms with van der Waals surface area (Å²) in [4.78, 5) is 0. The molecule has 0 spiro atoms. The zero-order valence-corrected chi connectivity index (χ0v) is 49.0. The fourth-order valence-corrected chi connectivity index (χ4v) is 11.0. The van der Waals surface area contributed by atoms with Gasteiger partial charge in [-0.2, -0.15) is 0 Å². The van der Waals surface area contributed by atoms with Crippen LogP contribution in [0.4, 0.5) is 0 Å². The van der Waals surface area contributed by atoms with Crippen LogP contribution in [0.5, 0.6) is 0 Å². The molecule has 0 saturated carbocycles. The Morgan fingerprint density at radius 2 is 0.429 bits per heavy atom. The topological polar surface area (TPSA) is 57.2 Å². The van der Waals surface area contributed by atoms with Crippen LogP contribution in [0, 0.1) is 0 Å². The van der Waals surface area contributed by atoms with Gasteiger partial charge in [0.2, 0.25) is 0 Å². The van der Waals surface area contributed by atoms with Gasteiger partial charge in [0.05, 0.1) is 5.75 Å². The third-order valence-corrected chi connectivity index (χ3v) is 16.0. The van der Waals surface area contributed by atoms with E-state index in [-0.39, 0.29) is 12.3 Å². The summed E-state index contributed by atoms with van der Waals surface area (Å²) in [5, 5.41) is 0. The van der Waals surface area contributed by atoms with Gasteiger partial charge >= 0.3 is 0 Å². The number of allylic oxidation sites excluding steroid dienone is 3. The lowest BCUT2D eigenvalue weighted by Crippen LogP contribution is -2.35. The van der Waals surface area contributed by atoms with E-state index in [1.807, 2.05) is 0 Å². The predicted octanol–water partition coefficient (Wildman–Crippen LogP) is 23.0. The average molecular weight is 1000 g/mol. The monoisotopic (exact) mass is 1000 g/mol. The summed E-state index contributed by atoms with van der Waals surface area (Å²) in [5.74, 6) is -0.344. The normalized spacial score (nSPS) is 12.6. The summed E-state index contributed by atoms with van der Waals surface area (Å²) < 4.78 is 36.3. The summed E-state index contributed by atoms with van der Waals surface area (Å²) in [7, 11) is -4.32. The number of quaternary nitrogens is 1. The fraction of sp³-hybridized carbons (Fsp3) is 0.908. The second-order valence-electron chi connectivity index (χ2n) is 22.5. The Morgan fingerprint density at radius 1 is 0.271 bits per heavy atom. The molecule has 0 amide bonds. The maximum absolute atomic E-state index is 12.0. The Balaban J connectivity index is 4.76. The van der Waals surface area contributed by atoms with Crippen LogP contribution in [0.2, 0.25) is 0 Å². The van der Waals surface area contributed by atoms with Crippen LogP contribution in [0.15, 0.2) is 36.8 Å². The van der Waals surface area contributed by atoms with Gasteiger partial charge in [0.25, 0.3) is 0 Å². The summed E-state index contributed by atoms with van der Waals surface area (Å²) in [6.07, 6.45) is 86.6. The second kappa shape index (κ2) is 57.4. The van der Waals surface area contributed by atoms with Crippen molar-refractivity contribution in [2.75, 3.05) is 12.3 Å². The maximum atomic E-state index is 12.0. The molecular weight excluding hydrogens is 875 g/mol. The highest BCUT2D eigenvalue weighted by Gasteiger charge is 2.20. The summed E-state index contributed by atoms with van der Waals surface area (Å²) in [6, 6.07) is 0. The lowest BCUT2D eigenvalue weighted by molar-refractivity contribution is -0.770. The first kappa shape index (κ1) is 69.1. The van der Waals surface area contributed by atoms with Crippen molar-refractivity contribution in [2.45, 2.75) is 367 Å². The number of nitrogens with zero attached hydrogens (tertiary/aromatic N) is 1.